The molecule has 0 radical (unpaired) electrons. The Morgan fingerprint density at radius 2 is 1.89 bits per heavy atom. The zero-order valence-electron chi connectivity index (χ0n) is 20.9. The minimum absolute atomic E-state index is 0.0322. The molecule has 1 saturated heterocycles. The Balaban J connectivity index is 1.29. The van der Waals surface area contributed by atoms with Gasteiger partial charge in [0.2, 0.25) is 0 Å². The first-order valence-corrected chi connectivity index (χ1v) is 12.3. The van der Waals surface area contributed by atoms with Crippen molar-refractivity contribution in [1.82, 2.24) is 10.2 Å². The van der Waals surface area contributed by atoms with Gasteiger partial charge in [0.15, 0.2) is 0 Å². The summed E-state index contributed by atoms with van der Waals surface area (Å²) in [7, 11) is 0. The molecule has 0 aliphatic carbocycles. The SMILES string of the molecule is CC(C)(Cc1ccc2ccccc2c1)NCC(O)COc1ccc(C(=O)N2CCOCC2)cc1C#N. The number of carbonyl (C=O) groups excluding carboxylic acids is 1. The Hall–Kier alpha value is -3.44. The van der Waals surface area contributed by atoms with Crippen molar-refractivity contribution < 1.29 is 19.4 Å². The molecule has 1 aliphatic rings. The molecule has 2 N–H and O–H groups in total. The van der Waals surface area contributed by atoms with Crippen LogP contribution in [0, 0.1) is 11.3 Å². The highest BCUT2D eigenvalue weighted by Crippen LogP contribution is 2.22. The maximum atomic E-state index is 12.7. The number of benzene rings is 3. The lowest BCUT2D eigenvalue weighted by Gasteiger charge is -2.28. The van der Waals surface area contributed by atoms with Crippen LogP contribution in [0.5, 0.6) is 5.75 Å². The molecule has 4 rings (SSSR count). The summed E-state index contributed by atoms with van der Waals surface area (Å²) in [4.78, 5) is 14.4. The molecule has 188 valence electrons. The highest BCUT2D eigenvalue weighted by Gasteiger charge is 2.22. The van der Waals surface area contributed by atoms with Crippen molar-refractivity contribution in [1.29, 1.82) is 5.26 Å². The number of rotatable bonds is 9. The van der Waals surface area contributed by atoms with Gasteiger partial charge in [-0.1, -0.05) is 42.5 Å². The second-order valence-electron chi connectivity index (χ2n) is 9.82. The number of nitrogens with zero attached hydrogens (tertiary/aromatic N) is 2. The maximum absolute atomic E-state index is 12.7. The van der Waals surface area contributed by atoms with Gasteiger partial charge >= 0.3 is 0 Å². The smallest absolute Gasteiger partial charge is 0.254 e. The summed E-state index contributed by atoms with van der Waals surface area (Å²) in [5.74, 6) is 0.227. The Morgan fingerprint density at radius 3 is 2.64 bits per heavy atom. The first kappa shape index (κ1) is 25.6. The van der Waals surface area contributed by atoms with Crippen LogP contribution in [0.2, 0.25) is 0 Å². The normalized spacial score (nSPS) is 14.9. The lowest BCUT2D eigenvalue weighted by molar-refractivity contribution is 0.0303. The number of β-amino-alcohol motifs (C(OH)–C–C–N with tert-alkyl or cyclic N) is 1. The Morgan fingerprint density at radius 1 is 1.14 bits per heavy atom. The second kappa shape index (κ2) is 11.5. The second-order valence-corrected chi connectivity index (χ2v) is 9.82. The van der Waals surface area contributed by atoms with Crippen molar-refractivity contribution in [2.75, 3.05) is 39.5 Å². The van der Waals surface area contributed by atoms with Crippen LogP contribution in [0.1, 0.15) is 35.3 Å². The van der Waals surface area contributed by atoms with E-state index >= 15 is 0 Å². The Labute approximate surface area is 212 Å². The third kappa shape index (κ3) is 6.61. The molecule has 3 aromatic carbocycles. The zero-order chi connectivity index (χ0) is 25.5. The number of hydrogen-bond donors (Lipinski definition) is 2. The van der Waals surface area contributed by atoms with Crippen molar-refractivity contribution in [3.8, 4) is 11.8 Å². The predicted molar refractivity (Wildman–Crippen MR) is 139 cm³/mol. The third-order valence-electron chi connectivity index (χ3n) is 6.35. The van der Waals surface area contributed by atoms with E-state index in [0.29, 0.717) is 44.2 Å². The zero-order valence-corrected chi connectivity index (χ0v) is 20.9. The molecule has 0 spiro atoms. The maximum Gasteiger partial charge on any atom is 0.254 e. The van der Waals surface area contributed by atoms with Gasteiger partial charge in [0, 0.05) is 30.7 Å². The number of carbonyl (C=O) groups is 1. The average molecular weight is 488 g/mol. The molecule has 1 unspecified atom stereocenters. The van der Waals surface area contributed by atoms with Gasteiger partial charge in [-0.3, -0.25) is 4.79 Å². The Kier molecular flexibility index (Phi) is 8.21. The standard InChI is InChI=1S/C29H33N3O4/c1-29(2,17-21-7-8-22-5-3-4-6-23(22)15-21)31-19-26(33)20-36-27-10-9-24(16-25(27)18-30)28(34)32-11-13-35-14-12-32/h3-10,15-16,26,31,33H,11-14,17,19-20H2,1-2H3. The summed E-state index contributed by atoms with van der Waals surface area (Å²) in [5.41, 5.74) is 1.70. The number of morpholine rings is 1. The number of aliphatic hydroxyl groups is 1. The summed E-state index contributed by atoms with van der Waals surface area (Å²) in [6, 6.07) is 21.7. The van der Waals surface area contributed by atoms with Crippen molar-refractivity contribution in [3.05, 3.63) is 77.4 Å². The molecule has 1 heterocycles. The lowest BCUT2D eigenvalue weighted by Crippen LogP contribution is -2.46. The van der Waals surface area contributed by atoms with Crippen molar-refractivity contribution >= 4 is 16.7 Å². The molecule has 1 fully saturated rings. The largest absolute Gasteiger partial charge is 0.489 e. The van der Waals surface area contributed by atoms with E-state index in [2.05, 4.69) is 55.6 Å². The van der Waals surface area contributed by atoms with E-state index in [1.807, 2.05) is 12.1 Å². The van der Waals surface area contributed by atoms with Crippen LogP contribution >= 0.6 is 0 Å². The minimum Gasteiger partial charge on any atom is -0.489 e. The first-order valence-electron chi connectivity index (χ1n) is 12.3. The topological polar surface area (TPSA) is 94.8 Å². The number of ether oxygens (including phenoxy) is 2. The van der Waals surface area contributed by atoms with E-state index < -0.39 is 6.10 Å². The molecule has 7 heteroatoms. The quantitative estimate of drug-likeness (QED) is 0.480. The van der Waals surface area contributed by atoms with Gasteiger partial charge in [-0.15, -0.1) is 0 Å². The molecular formula is C29H33N3O4. The van der Waals surface area contributed by atoms with Crippen LogP contribution in [0.3, 0.4) is 0 Å². The molecule has 0 saturated carbocycles. The van der Waals surface area contributed by atoms with Gasteiger partial charge in [-0.05, 0) is 54.8 Å². The summed E-state index contributed by atoms with van der Waals surface area (Å²) < 4.78 is 11.0. The van der Waals surface area contributed by atoms with E-state index in [1.165, 1.54) is 16.3 Å². The van der Waals surface area contributed by atoms with Gasteiger partial charge in [-0.25, -0.2) is 0 Å². The average Bonchev–Trinajstić information content (AvgIpc) is 2.90. The van der Waals surface area contributed by atoms with Crippen LogP contribution in [0.4, 0.5) is 0 Å². The van der Waals surface area contributed by atoms with Crippen molar-refractivity contribution in [2.24, 2.45) is 0 Å². The fraction of sp³-hybridized carbons (Fsp3) is 0.379. The summed E-state index contributed by atoms with van der Waals surface area (Å²) in [6.07, 6.45) is 0.0462. The van der Waals surface area contributed by atoms with E-state index in [-0.39, 0.29) is 23.6 Å². The molecule has 3 aromatic rings. The van der Waals surface area contributed by atoms with E-state index in [0.717, 1.165) is 6.42 Å². The van der Waals surface area contributed by atoms with Crippen LogP contribution in [-0.2, 0) is 11.2 Å². The van der Waals surface area contributed by atoms with Gasteiger partial charge < -0.3 is 24.8 Å². The number of nitriles is 1. The van der Waals surface area contributed by atoms with Gasteiger partial charge in [0.25, 0.3) is 5.91 Å². The number of amides is 1. The van der Waals surface area contributed by atoms with Crippen LogP contribution < -0.4 is 10.1 Å². The highest BCUT2D eigenvalue weighted by atomic mass is 16.5. The molecule has 36 heavy (non-hydrogen) atoms. The molecule has 1 amide bonds. The monoisotopic (exact) mass is 487 g/mol. The van der Waals surface area contributed by atoms with Crippen LogP contribution in [0.15, 0.2) is 60.7 Å². The molecule has 1 atom stereocenters. The van der Waals surface area contributed by atoms with Gasteiger partial charge in [-0.2, -0.15) is 5.26 Å². The predicted octanol–water partition coefficient (Wildman–Crippen LogP) is 3.53. The Bertz CT molecular complexity index is 1240. The number of nitrogens with one attached hydrogen (secondary N) is 1. The molecular weight excluding hydrogens is 454 g/mol. The van der Waals surface area contributed by atoms with Gasteiger partial charge in [0.1, 0.15) is 24.5 Å². The minimum atomic E-state index is -0.762. The summed E-state index contributed by atoms with van der Waals surface area (Å²) in [6.45, 7) is 6.69. The number of aliphatic hydroxyl groups excluding tert-OH is 1. The fourth-order valence-corrected chi connectivity index (χ4v) is 4.39. The molecule has 7 nitrogen and oxygen atoms in total. The third-order valence-corrected chi connectivity index (χ3v) is 6.35. The van der Waals surface area contributed by atoms with E-state index in [4.69, 9.17) is 9.47 Å². The highest BCUT2D eigenvalue weighted by molar-refractivity contribution is 5.95. The van der Waals surface area contributed by atoms with Crippen LogP contribution in [0.25, 0.3) is 10.8 Å². The molecule has 0 bridgehead atoms. The number of fused-ring (bicyclic) bond motifs is 1. The fourth-order valence-electron chi connectivity index (χ4n) is 4.39. The first-order chi connectivity index (χ1) is 17.3. The molecule has 1 aliphatic heterocycles. The van der Waals surface area contributed by atoms with E-state index in [9.17, 15) is 15.2 Å². The molecule has 0 aromatic heterocycles. The summed E-state index contributed by atoms with van der Waals surface area (Å²) >= 11 is 0. The van der Waals surface area contributed by atoms with Crippen LogP contribution in [-0.4, -0.2) is 67.0 Å². The van der Waals surface area contributed by atoms with Crippen molar-refractivity contribution in [3.63, 3.8) is 0 Å². The van der Waals surface area contributed by atoms with Gasteiger partial charge in [0.05, 0.1) is 18.8 Å². The number of hydrogen-bond acceptors (Lipinski definition) is 6. The lowest BCUT2D eigenvalue weighted by atomic mass is 9.93. The summed E-state index contributed by atoms with van der Waals surface area (Å²) in [5, 5.41) is 25.9. The van der Waals surface area contributed by atoms with Crippen molar-refractivity contribution in [2.45, 2.75) is 31.9 Å². The van der Waals surface area contributed by atoms with E-state index in [1.54, 1.807) is 23.1 Å².